The minimum Gasteiger partial charge on any atom is -0.340 e. The Labute approximate surface area is 84.5 Å². The van der Waals surface area contributed by atoms with Gasteiger partial charge in [0.1, 0.15) is 0 Å². The second kappa shape index (κ2) is 3.78. The summed E-state index contributed by atoms with van der Waals surface area (Å²) in [7, 11) is 0. The Kier molecular flexibility index (Phi) is 2.48. The zero-order chi connectivity index (χ0) is 9.97. The minimum absolute atomic E-state index is 0.859. The summed E-state index contributed by atoms with van der Waals surface area (Å²) in [5.41, 5.74) is 2.37. The number of nitrogens with zero attached hydrogens (tertiary/aromatic N) is 3. The van der Waals surface area contributed by atoms with Gasteiger partial charge in [-0.1, -0.05) is 12.2 Å². The van der Waals surface area contributed by atoms with Gasteiger partial charge in [0.25, 0.3) is 0 Å². The van der Waals surface area contributed by atoms with Gasteiger partial charge in [-0.25, -0.2) is 9.97 Å². The molecule has 0 saturated carbocycles. The second-order valence-electron chi connectivity index (χ2n) is 3.74. The molecule has 1 aromatic heterocycles. The largest absolute Gasteiger partial charge is 0.340 e. The van der Waals surface area contributed by atoms with Crippen LogP contribution >= 0.6 is 0 Å². The normalized spacial score (nSPS) is 17.2. The van der Waals surface area contributed by atoms with Crippen LogP contribution in [0.1, 0.15) is 18.5 Å². The molecule has 3 nitrogen and oxygen atoms in total. The highest BCUT2D eigenvalue weighted by Crippen LogP contribution is 2.18. The van der Waals surface area contributed by atoms with Gasteiger partial charge in [-0.2, -0.15) is 0 Å². The Balaban J connectivity index is 2.12. The van der Waals surface area contributed by atoms with E-state index in [1.54, 1.807) is 0 Å². The third-order valence-electron chi connectivity index (χ3n) is 2.54. The highest BCUT2D eigenvalue weighted by molar-refractivity contribution is 5.32. The molecule has 0 unspecified atom stereocenters. The van der Waals surface area contributed by atoms with Crippen molar-refractivity contribution in [2.45, 2.75) is 19.8 Å². The lowest BCUT2D eigenvalue weighted by atomic mass is 10.1. The van der Waals surface area contributed by atoms with E-state index in [0.29, 0.717) is 0 Å². The number of rotatable bonds is 1. The van der Waals surface area contributed by atoms with Crippen LogP contribution in [0.2, 0.25) is 0 Å². The van der Waals surface area contributed by atoms with Gasteiger partial charge in [0, 0.05) is 25.0 Å². The lowest BCUT2D eigenvalue weighted by molar-refractivity contribution is 0.668. The predicted molar refractivity (Wildman–Crippen MR) is 57.4 cm³/mol. The zero-order valence-corrected chi connectivity index (χ0v) is 8.53. The Morgan fingerprint density at radius 1 is 1.36 bits per heavy atom. The van der Waals surface area contributed by atoms with Crippen LogP contribution in [-0.4, -0.2) is 23.1 Å². The Morgan fingerprint density at radius 3 is 2.71 bits per heavy atom. The molecular formula is C11H15N3. The first-order chi connectivity index (χ1) is 6.75. The molecule has 1 aromatic rings. The number of aromatic nitrogens is 2. The SMILES string of the molecule is C=C1CCN(c2nccc(C)n2)CC1. The monoisotopic (exact) mass is 189 g/mol. The summed E-state index contributed by atoms with van der Waals surface area (Å²) in [5.74, 6) is 0.859. The third-order valence-corrected chi connectivity index (χ3v) is 2.54. The van der Waals surface area contributed by atoms with Crippen LogP contribution in [0.5, 0.6) is 0 Å². The van der Waals surface area contributed by atoms with E-state index in [1.807, 2.05) is 19.2 Å². The lowest BCUT2D eigenvalue weighted by Gasteiger charge is -2.27. The van der Waals surface area contributed by atoms with Crippen molar-refractivity contribution in [2.24, 2.45) is 0 Å². The van der Waals surface area contributed by atoms with Gasteiger partial charge in [0.05, 0.1) is 0 Å². The molecule has 2 heterocycles. The number of hydrogen-bond donors (Lipinski definition) is 0. The van der Waals surface area contributed by atoms with Crippen molar-refractivity contribution in [3.63, 3.8) is 0 Å². The summed E-state index contributed by atoms with van der Waals surface area (Å²) < 4.78 is 0. The molecule has 0 spiro atoms. The van der Waals surface area contributed by atoms with Gasteiger partial charge in [-0.15, -0.1) is 0 Å². The molecule has 0 atom stereocenters. The smallest absolute Gasteiger partial charge is 0.225 e. The van der Waals surface area contributed by atoms with Crippen molar-refractivity contribution in [3.8, 4) is 0 Å². The molecule has 2 rings (SSSR count). The second-order valence-corrected chi connectivity index (χ2v) is 3.74. The van der Waals surface area contributed by atoms with Crippen molar-refractivity contribution in [1.82, 2.24) is 9.97 Å². The van der Waals surface area contributed by atoms with Crippen LogP contribution in [0.15, 0.2) is 24.4 Å². The van der Waals surface area contributed by atoms with Crippen molar-refractivity contribution in [1.29, 1.82) is 0 Å². The van der Waals surface area contributed by atoms with Crippen LogP contribution in [0.3, 0.4) is 0 Å². The number of aryl methyl sites for hydroxylation is 1. The van der Waals surface area contributed by atoms with E-state index in [4.69, 9.17) is 0 Å². The van der Waals surface area contributed by atoms with Crippen LogP contribution in [0.4, 0.5) is 5.95 Å². The maximum Gasteiger partial charge on any atom is 0.225 e. The molecule has 1 saturated heterocycles. The standard InChI is InChI=1S/C11H15N3/c1-9-4-7-14(8-5-9)11-12-6-3-10(2)13-11/h3,6H,1,4-5,7-8H2,2H3. The van der Waals surface area contributed by atoms with Gasteiger partial charge in [0.15, 0.2) is 0 Å². The first-order valence-corrected chi connectivity index (χ1v) is 4.97. The van der Waals surface area contributed by atoms with Crippen molar-refractivity contribution in [3.05, 3.63) is 30.1 Å². The summed E-state index contributed by atoms with van der Waals surface area (Å²) in [6.45, 7) is 7.99. The molecule has 1 aliphatic rings. The van der Waals surface area contributed by atoms with Gasteiger partial charge >= 0.3 is 0 Å². The Morgan fingerprint density at radius 2 is 2.07 bits per heavy atom. The van der Waals surface area contributed by atoms with Crippen LogP contribution < -0.4 is 4.90 Å². The summed E-state index contributed by atoms with van der Waals surface area (Å²) in [6, 6.07) is 1.92. The molecule has 1 fully saturated rings. The fourth-order valence-corrected chi connectivity index (χ4v) is 1.61. The number of hydrogen-bond acceptors (Lipinski definition) is 3. The van der Waals surface area contributed by atoms with Gasteiger partial charge in [-0.05, 0) is 25.8 Å². The molecule has 0 aromatic carbocycles. The average Bonchev–Trinajstić information content (AvgIpc) is 2.19. The molecule has 74 valence electrons. The van der Waals surface area contributed by atoms with E-state index in [-0.39, 0.29) is 0 Å². The van der Waals surface area contributed by atoms with Crippen LogP contribution in [0, 0.1) is 6.92 Å². The lowest BCUT2D eigenvalue weighted by Crippen LogP contribution is -2.31. The molecule has 0 amide bonds. The quantitative estimate of drug-likeness (QED) is 0.632. The first-order valence-electron chi connectivity index (χ1n) is 4.97. The highest BCUT2D eigenvalue weighted by Gasteiger charge is 2.14. The van der Waals surface area contributed by atoms with Crippen LogP contribution in [0.25, 0.3) is 0 Å². The molecular weight excluding hydrogens is 174 g/mol. The molecule has 14 heavy (non-hydrogen) atoms. The van der Waals surface area contributed by atoms with E-state index < -0.39 is 0 Å². The van der Waals surface area contributed by atoms with Gasteiger partial charge in [0.2, 0.25) is 5.95 Å². The number of anilines is 1. The fraction of sp³-hybridized carbons (Fsp3) is 0.455. The van der Waals surface area contributed by atoms with Crippen LogP contribution in [-0.2, 0) is 0 Å². The Hall–Kier alpha value is -1.38. The third kappa shape index (κ3) is 1.92. The molecule has 1 aliphatic heterocycles. The van der Waals surface area contributed by atoms with Crippen molar-refractivity contribution < 1.29 is 0 Å². The molecule has 0 N–H and O–H groups in total. The molecule has 0 radical (unpaired) electrons. The van der Waals surface area contributed by atoms with Gasteiger partial charge < -0.3 is 4.90 Å². The van der Waals surface area contributed by atoms with E-state index in [9.17, 15) is 0 Å². The summed E-state index contributed by atoms with van der Waals surface area (Å²) >= 11 is 0. The first kappa shape index (κ1) is 9.19. The number of piperidine rings is 1. The predicted octanol–water partition coefficient (Wildman–Crippen LogP) is 1.94. The molecule has 0 bridgehead atoms. The highest BCUT2D eigenvalue weighted by atomic mass is 15.2. The Bertz CT molecular complexity index is 336. The average molecular weight is 189 g/mol. The molecule has 3 heteroatoms. The maximum absolute atomic E-state index is 4.41. The van der Waals surface area contributed by atoms with Gasteiger partial charge in [-0.3, -0.25) is 0 Å². The minimum atomic E-state index is 0.859. The van der Waals surface area contributed by atoms with Crippen molar-refractivity contribution in [2.75, 3.05) is 18.0 Å². The maximum atomic E-state index is 4.41. The molecule has 0 aliphatic carbocycles. The summed E-state index contributed by atoms with van der Waals surface area (Å²) in [4.78, 5) is 10.9. The fourth-order valence-electron chi connectivity index (χ4n) is 1.61. The van der Waals surface area contributed by atoms with E-state index >= 15 is 0 Å². The summed E-state index contributed by atoms with van der Waals surface area (Å²) in [6.07, 6.45) is 3.95. The van der Waals surface area contributed by atoms with E-state index in [0.717, 1.165) is 37.6 Å². The van der Waals surface area contributed by atoms with Crippen molar-refractivity contribution >= 4 is 5.95 Å². The van der Waals surface area contributed by atoms with E-state index in [1.165, 1.54) is 5.57 Å². The summed E-state index contributed by atoms with van der Waals surface area (Å²) in [5, 5.41) is 0. The van der Waals surface area contributed by atoms with E-state index in [2.05, 4.69) is 21.4 Å². The topological polar surface area (TPSA) is 29.0 Å². The zero-order valence-electron chi connectivity index (χ0n) is 8.53.